The average Bonchev–Trinajstić information content (AvgIpc) is 3.13. The van der Waals surface area contributed by atoms with Crippen molar-refractivity contribution in [2.75, 3.05) is 13.2 Å². The van der Waals surface area contributed by atoms with Gasteiger partial charge in [0.25, 0.3) is 0 Å². The number of halogens is 2. The number of rotatable bonds is 2. The molecular weight excluding hydrogens is 419 g/mol. The number of imidazole rings is 1. The molecule has 1 aliphatic heterocycles. The predicted molar refractivity (Wildman–Crippen MR) is 106 cm³/mol. The number of fused-ring (bicyclic) bond motifs is 2. The van der Waals surface area contributed by atoms with Crippen LogP contribution in [0, 0.1) is 0 Å². The fourth-order valence-corrected chi connectivity index (χ4v) is 3.63. The molecule has 0 spiro atoms. The van der Waals surface area contributed by atoms with Crippen molar-refractivity contribution in [3.8, 4) is 40.1 Å². The molecule has 0 radical (unpaired) electrons. The standard InChI is InChI=1S/C19H12Cl2N4O4/c20-11-8-10(15(26)14(21)16(11)27)18-24-17-19(23-4-3-22-17)25(18)9-1-2-12-13(7-9)29-6-5-28-12/h1-4,7-8,26-27H,5-6H2. The SMILES string of the molecule is Oc1c(Cl)cc(-c2nc3nccnc3n2-c2ccc3c(c2)OCCO3)c(O)c1Cl. The maximum absolute atomic E-state index is 10.6. The minimum atomic E-state index is -0.409. The highest BCUT2D eigenvalue weighted by Crippen LogP contribution is 2.46. The highest BCUT2D eigenvalue weighted by atomic mass is 35.5. The molecule has 0 aliphatic carbocycles. The van der Waals surface area contributed by atoms with Crippen molar-refractivity contribution >= 4 is 34.5 Å². The Morgan fingerprint density at radius 2 is 1.69 bits per heavy atom. The van der Waals surface area contributed by atoms with Crippen LogP contribution in [0.15, 0.2) is 36.7 Å². The van der Waals surface area contributed by atoms with Gasteiger partial charge in [0.2, 0.25) is 0 Å². The molecule has 5 rings (SSSR count). The summed E-state index contributed by atoms with van der Waals surface area (Å²) in [7, 11) is 0. The Hall–Kier alpha value is -3.23. The topological polar surface area (TPSA) is 103 Å². The molecule has 146 valence electrons. The minimum Gasteiger partial charge on any atom is -0.505 e. The zero-order valence-corrected chi connectivity index (χ0v) is 16.1. The van der Waals surface area contributed by atoms with E-state index < -0.39 is 5.75 Å². The summed E-state index contributed by atoms with van der Waals surface area (Å²) in [5.74, 6) is 0.742. The molecule has 10 heteroatoms. The van der Waals surface area contributed by atoms with Crippen LogP contribution in [0.2, 0.25) is 10.0 Å². The van der Waals surface area contributed by atoms with Crippen LogP contribution in [-0.4, -0.2) is 42.9 Å². The van der Waals surface area contributed by atoms with Gasteiger partial charge in [-0.1, -0.05) is 23.2 Å². The van der Waals surface area contributed by atoms with Crippen LogP contribution in [0.1, 0.15) is 0 Å². The lowest BCUT2D eigenvalue weighted by molar-refractivity contribution is 0.171. The van der Waals surface area contributed by atoms with Gasteiger partial charge >= 0.3 is 0 Å². The number of phenols is 2. The fraction of sp³-hybridized carbons (Fsp3) is 0.105. The minimum absolute atomic E-state index is 0.0236. The number of aromatic nitrogens is 4. The maximum Gasteiger partial charge on any atom is 0.198 e. The van der Waals surface area contributed by atoms with E-state index in [0.29, 0.717) is 47.5 Å². The normalized spacial score (nSPS) is 13.0. The second-order valence-electron chi connectivity index (χ2n) is 6.22. The number of ether oxygens (including phenoxy) is 2. The Bertz CT molecular complexity index is 1280. The first-order chi connectivity index (χ1) is 14.0. The molecule has 0 unspecified atom stereocenters. The van der Waals surface area contributed by atoms with Gasteiger partial charge in [0, 0.05) is 18.5 Å². The lowest BCUT2D eigenvalue weighted by Crippen LogP contribution is -2.15. The summed E-state index contributed by atoms with van der Waals surface area (Å²) < 4.78 is 13.0. The Labute approximate surface area is 173 Å². The molecule has 0 saturated carbocycles. The summed E-state index contributed by atoms with van der Waals surface area (Å²) >= 11 is 12.1. The summed E-state index contributed by atoms with van der Waals surface area (Å²) in [5.41, 5.74) is 1.69. The molecule has 2 aromatic heterocycles. The van der Waals surface area contributed by atoms with E-state index in [4.69, 9.17) is 32.7 Å². The lowest BCUT2D eigenvalue weighted by atomic mass is 10.1. The van der Waals surface area contributed by atoms with Crippen LogP contribution in [-0.2, 0) is 0 Å². The van der Waals surface area contributed by atoms with Gasteiger partial charge < -0.3 is 19.7 Å². The number of hydrogen-bond donors (Lipinski definition) is 2. The molecule has 0 amide bonds. The van der Waals surface area contributed by atoms with Crippen LogP contribution in [0.3, 0.4) is 0 Å². The molecular formula is C19H12Cl2N4O4. The molecule has 2 aromatic carbocycles. The third-order valence-electron chi connectivity index (χ3n) is 4.49. The second kappa shape index (κ2) is 6.68. The van der Waals surface area contributed by atoms with E-state index in [2.05, 4.69) is 15.0 Å². The maximum atomic E-state index is 10.6. The van der Waals surface area contributed by atoms with E-state index in [9.17, 15) is 10.2 Å². The average molecular weight is 431 g/mol. The molecule has 0 atom stereocenters. The fourth-order valence-electron chi connectivity index (χ4n) is 3.18. The van der Waals surface area contributed by atoms with Crippen molar-refractivity contribution in [2.24, 2.45) is 0 Å². The first-order valence-corrected chi connectivity index (χ1v) is 9.30. The summed E-state index contributed by atoms with van der Waals surface area (Å²) in [5, 5.41) is 20.2. The third kappa shape index (κ3) is 2.80. The quantitative estimate of drug-likeness (QED) is 0.495. The highest BCUT2D eigenvalue weighted by Gasteiger charge is 2.24. The molecule has 0 bridgehead atoms. The van der Waals surface area contributed by atoms with Crippen LogP contribution in [0.5, 0.6) is 23.0 Å². The summed E-state index contributed by atoms with van der Waals surface area (Å²) in [6, 6.07) is 6.77. The van der Waals surface area contributed by atoms with Gasteiger partial charge in [-0.2, -0.15) is 0 Å². The van der Waals surface area contributed by atoms with E-state index in [1.807, 2.05) is 6.07 Å². The van der Waals surface area contributed by atoms with E-state index >= 15 is 0 Å². The van der Waals surface area contributed by atoms with Crippen molar-refractivity contribution < 1.29 is 19.7 Å². The second-order valence-corrected chi connectivity index (χ2v) is 7.00. The van der Waals surface area contributed by atoms with Gasteiger partial charge in [0.05, 0.1) is 16.3 Å². The van der Waals surface area contributed by atoms with Crippen molar-refractivity contribution in [1.82, 2.24) is 19.5 Å². The van der Waals surface area contributed by atoms with Crippen molar-refractivity contribution in [1.29, 1.82) is 0 Å². The van der Waals surface area contributed by atoms with Crippen molar-refractivity contribution in [3.05, 3.63) is 46.7 Å². The number of nitrogens with zero attached hydrogens (tertiary/aromatic N) is 4. The molecule has 4 aromatic rings. The predicted octanol–water partition coefficient (Wildman–Crippen LogP) is 3.97. The highest BCUT2D eigenvalue weighted by molar-refractivity contribution is 6.38. The molecule has 0 saturated heterocycles. The first-order valence-electron chi connectivity index (χ1n) is 8.54. The molecule has 29 heavy (non-hydrogen) atoms. The van der Waals surface area contributed by atoms with Gasteiger partial charge in [0.15, 0.2) is 34.4 Å². The number of hydrogen-bond acceptors (Lipinski definition) is 7. The van der Waals surface area contributed by atoms with E-state index in [0.717, 1.165) is 0 Å². The zero-order valence-electron chi connectivity index (χ0n) is 14.6. The summed E-state index contributed by atoms with van der Waals surface area (Å²) in [6.45, 7) is 0.924. The Morgan fingerprint density at radius 3 is 2.52 bits per heavy atom. The van der Waals surface area contributed by atoms with E-state index in [1.54, 1.807) is 22.9 Å². The van der Waals surface area contributed by atoms with Gasteiger partial charge in [-0.25, -0.2) is 15.0 Å². The van der Waals surface area contributed by atoms with Crippen LogP contribution < -0.4 is 9.47 Å². The van der Waals surface area contributed by atoms with Crippen LogP contribution >= 0.6 is 23.2 Å². The third-order valence-corrected chi connectivity index (χ3v) is 5.13. The summed E-state index contributed by atoms with van der Waals surface area (Å²) in [6.07, 6.45) is 3.06. The van der Waals surface area contributed by atoms with Gasteiger partial charge in [-0.3, -0.25) is 4.57 Å². The van der Waals surface area contributed by atoms with Crippen LogP contribution in [0.25, 0.3) is 28.4 Å². The van der Waals surface area contributed by atoms with Crippen LogP contribution in [0.4, 0.5) is 0 Å². The zero-order chi connectivity index (χ0) is 20.1. The molecule has 8 nitrogen and oxygen atoms in total. The monoisotopic (exact) mass is 430 g/mol. The number of aromatic hydroxyl groups is 2. The Balaban J connectivity index is 1.81. The molecule has 3 heterocycles. The number of phenolic OH excluding ortho intramolecular Hbond substituents is 2. The van der Waals surface area contributed by atoms with Gasteiger partial charge in [-0.15, -0.1) is 0 Å². The Morgan fingerprint density at radius 1 is 0.931 bits per heavy atom. The molecule has 2 N–H and O–H groups in total. The van der Waals surface area contributed by atoms with Gasteiger partial charge in [-0.05, 0) is 18.2 Å². The largest absolute Gasteiger partial charge is 0.505 e. The first kappa shape index (κ1) is 17.8. The number of benzene rings is 2. The molecule has 0 fully saturated rings. The van der Waals surface area contributed by atoms with E-state index in [-0.39, 0.29) is 21.4 Å². The Kier molecular flexibility index (Phi) is 4.11. The van der Waals surface area contributed by atoms with E-state index in [1.165, 1.54) is 12.3 Å². The smallest absolute Gasteiger partial charge is 0.198 e. The van der Waals surface area contributed by atoms with Gasteiger partial charge in [0.1, 0.15) is 24.0 Å². The lowest BCUT2D eigenvalue weighted by Gasteiger charge is -2.19. The van der Waals surface area contributed by atoms with Crippen molar-refractivity contribution in [3.63, 3.8) is 0 Å². The molecule has 1 aliphatic rings. The summed E-state index contributed by atoms with van der Waals surface area (Å²) in [4.78, 5) is 13.1. The van der Waals surface area contributed by atoms with Crippen molar-refractivity contribution in [2.45, 2.75) is 0 Å².